The number of halogens is 1. The number of aromatic nitrogens is 2. The number of hydrogen-bond donors (Lipinski definition) is 2. The van der Waals surface area contributed by atoms with Crippen LogP contribution in [0.4, 0.5) is 4.39 Å². The van der Waals surface area contributed by atoms with E-state index in [0.717, 1.165) is 11.6 Å². The molecule has 7 heteroatoms. The maximum Gasteiger partial charge on any atom is 0.256 e. The van der Waals surface area contributed by atoms with Crippen LogP contribution in [0.2, 0.25) is 0 Å². The van der Waals surface area contributed by atoms with Gasteiger partial charge < -0.3 is 15.6 Å². The van der Waals surface area contributed by atoms with Gasteiger partial charge in [-0.3, -0.25) is 9.59 Å². The maximum atomic E-state index is 13.8. The molecule has 3 aromatic rings. The van der Waals surface area contributed by atoms with Gasteiger partial charge >= 0.3 is 0 Å². The Labute approximate surface area is 143 Å². The maximum absolute atomic E-state index is 13.8. The smallest absolute Gasteiger partial charge is 0.256 e. The summed E-state index contributed by atoms with van der Waals surface area (Å²) in [6, 6.07) is 11.8. The summed E-state index contributed by atoms with van der Waals surface area (Å²) in [6.45, 7) is 0.431. The van der Waals surface area contributed by atoms with Crippen molar-refractivity contribution in [2.75, 3.05) is 6.54 Å². The molecule has 3 N–H and O–H groups in total. The van der Waals surface area contributed by atoms with E-state index >= 15 is 0 Å². The number of carbonyl (C=O) groups is 2. The van der Waals surface area contributed by atoms with Crippen molar-refractivity contribution in [1.29, 1.82) is 0 Å². The second-order valence-corrected chi connectivity index (χ2v) is 5.68. The van der Waals surface area contributed by atoms with E-state index in [4.69, 9.17) is 5.73 Å². The number of carbonyl (C=O) groups excluding carboxylic acids is 2. The first-order valence-electron chi connectivity index (χ1n) is 7.78. The summed E-state index contributed by atoms with van der Waals surface area (Å²) in [5.74, 6) is -1.44. The summed E-state index contributed by atoms with van der Waals surface area (Å²) in [5.41, 5.74) is 7.10. The molecule has 0 spiro atoms. The molecule has 2 amide bonds. The van der Waals surface area contributed by atoms with Gasteiger partial charge in [0.05, 0.1) is 17.4 Å². The summed E-state index contributed by atoms with van der Waals surface area (Å²) in [7, 11) is 0. The van der Waals surface area contributed by atoms with Crippen molar-refractivity contribution in [1.82, 2.24) is 14.9 Å². The molecule has 3 rings (SSSR count). The molecular weight excluding hydrogens is 323 g/mol. The summed E-state index contributed by atoms with van der Waals surface area (Å²) < 4.78 is 13.8. The molecule has 0 saturated carbocycles. The summed E-state index contributed by atoms with van der Waals surface area (Å²) in [4.78, 5) is 32.5. The lowest BCUT2D eigenvalue weighted by molar-refractivity contribution is -0.118. The van der Waals surface area contributed by atoms with Crippen molar-refractivity contribution < 1.29 is 14.0 Å². The van der Waals surface area contributed by atoms with Crippen LogP contribution in [0, 0.1) is 5.82 Å². The Bertz CT molecular complexity index is 908. The molecule has 0 aliphatic carbocycles. The summed E-state index contributed by atoms with van der Waals surface area (Å²) in [5, 5.41) is 0. The molecule has 0 fully saturated rings. The van der Waals surface area contributed by atoms with Crippen LogP contribution in [0.5, 0.6) is 0 Å². The van der Waals surface area contributed by atoms with Gasteiger partial charge in [-0.15, -0.1) is 0 Å². The molecular formula is C18H17FN4O2. The molecule has 0 aliphatic rings. The topological polar surface area (TPSA) is 92.1 Å². The van der Waals surface area contributed by atoms with Gasteiger partial charge in [-0.1, -0.05) is 30.3 Å². The number of nitrogens with zero attached hydrogens (tertiary/aromatic N) is 2. The Balaban J connectivity index is 1.94. The van der Waals surface area contributed by atoms with Crippen molar-refractivity contribution in [3.05, 3.63) is 65.7 Å². The molecule has 0 atom stereocenters. The highest BCUT2D eigenvalue weighted by Crippen LogP contribution is 2.20. The highest BCUT2D eigenvalue weighted by molar-refractivity contribution is 6.04. The minimum absolute atomic E-state index is 0.0254. The lowest BCUT2D eigenvalue weighted by Crippen LogP contribution is -2.33. The number of imidazole rings is 1. The lowest BCUT2D eigenvalue weighted by atomic mass is 10.1. The molecule has 1 aromatic heterocycles. The van der Waals surface area contributed by atoms with Gasteiger partial charge in [-0.2, -0.15) is 0 Å². The fourth-order valence-electron chi connectivity index (χ4n) is 2.65. The number of benzene rings is 2. The number of H-pyrrole nitrogens is 1. The summed E-state index contributed by atoms with van der Waals surface area (Å²) in [6.07, 6.45) is 1.43. The molecule has 128 valence electrons. The van der Waals surface area contributed by atoms with Gasteiger partial charge in [-0.25, -0.2) is 9.37 Å². The number of hydrogen-bond acceptors (Lipinski definition) is 3. The average Bonchev–Trinajstić information content (AvgIpc) is 3.06. The van der Waals surface area contributed by atoms with E-state index in [0.29, 0.717) is 11.0 Å². The summed E-state index contributed by atoms with van der Waals surface area (Å²) >= 11 is 0. The van der Waals surface area contributed by atoms with Gasteiger partial charge in [0.2, 0.25) is 5.91 Å². The average molecular weight is 340 g/mol. The van der Waals surface area contributed by atoms with Crippen molar-refractivity contribution in [2.24, 2.45) is 5.73 Å². The number of nitrogens with two attached hydrogens (primary N) is 1. The first kappa shape index (κ1) is 16.6. The molecule has 0 radical (unpaired) electrons. The third kappa shape index (κ3) is 3.82. The standard InChI is InChI=1S/C18H17FN4O2/c19-13-8-14(17-15(9-13)21-11-22-17)18(25)23(7-6-16(20)24)10-12-4-2-1-3-5-12/h1-5,8-9,11H,6-7,10H2,(H2,20,24)(H,21,22). The number of nitrogens with one attached hydrogen (secondary N) is 1. The second-order valence-electron chi connectivity index (χ2n) is 5.68. The molecule has 0 unspecified atom stereocenters. The fourth-order valence-corrected chi connectivity index (χ4v) is 2.65. The fraction of sp³-hybridized carbons (Fsp3) is 0.167. The van der Waals surface area contributed by atoms with E-state index in [2.05, 4.69) is 9.97 Å². The Morgan fingerprint density at radius 3 is 2.68 bits per heavy atom. The van der Waals surface area contributed by atoms with Crippen LogP contribution in [-0.4, -0.2) is 33.2 Å². The first-order valence-corrected chi connectivity index (χ1v) is 7.78. The number of amides is 2. The molecule has 2 aromatic carbocycles. The molecule has 6 nitrogen and oxygen atoms in total. The zero-order valence-electron chi connectivity index (χ0n) is 13.4. The Morgan fingerprint density at radius 1 is 1.20 bits per heavy atom. The van der Waals surface area contributed by atoms with Crippen LogP contribution in [0.1, 0.15) is 22.3 Å². The zero-order valence-corrected chi connectivity index (χ0v) is 13.4. The van der Waals surface area contributed by atoms with Gasteiger partial charge in [0, 0.05) is 19.5 Å². The predicted octanol–water partition coefficient (Wildman–Crippen LogP) is 2.22. The van der Waals surface area contributed by atoms with Gasteiger partial charge in [0.25, 0.3) is 5.91 Å². The van der Waals surface area contributed by atoms with Gasteiger partial charge in [0.1, 0.15) is 11.3 Å². The number of fused-ring (bicyclic) bond motifs is 1. The van der Waals surface area contributed by atoms with Crippen LogP contribution in [0.15, 0.2) is 48.8 Å². The normalized spacial score (nSPS) is 10.8. The van der Waals surface area contributed by atoms with E-state index in [1.54, 1.807) is 0 Å². The van der Waals surface area contributed by atoms with E-state index in [9.17, 15) is 14.0 Å². The predicted molar refractivity (Wildman–Crippen MR) is 91.0 cm³/mol. The monoisotopic (exact) mass is 340 g/mol. The number of primary amides is 1. The quantitative estimate of drug-likeness (QED) is 0.721. The van der Waals surface area contributed by atoms with Gasteiger partial charge in [0.15, 0.2) is 0 Å². The van der Waals surface area contributed by atoms with Crippen molar-refractivity contribution in [3.8, 4) is 0 Å². The molecule has 25 heavy (non-hydrogen) atoms. The zero-order chi connectivity index (χ0) is 17.8. The van der Waals surface area contributed by atoms with Crippen LogP contribution in [-0.2, 0) is 11.3 Å². The van der Waals surface area contributed by atoms with Crippen molar-refractivity contribution >= 4 is 22.8 Å². The highest BCUT2D eigenvalue weighted by atomic mass is 19.1. The minimum Gasteiger partial charge on any atom is -0.370 e. The highest BCUT2D eigenvalue weighted by Gasteiger charge is 2.21. The number of rotatable bonds is 6. The molecule has 0 aliphatic heterocycles. The third-order valence-corrected chi connectivity index (χ3v) is 3.85. The Hall–Kier alpha value is -3.22. The minimum atomic E-state index is -0.533. The van der Waals surface area contributed by atoms with E-state index in [-0.39, 0.29) is 25.1 Å². The van der Waals surface area contributed by atoms with Crippen molar-refractivity contribution in [3.63, 3.8) is 0 Å². The van der Waals surface area contributed by atoms with E-state index in [1.165, 1.54) is 17.3 Å². The Morgan fingerprint density at radius 2 is 1.96 bits per heavy atom. The third-order valence-electron chi connectivity index (χ3n) is 3.85. The van der Waals surface area contributed by atoms with Crippen LogP contribution >= 0.6 is 0 Å². The van der Waals surface area contributed by atoms with Crippen LogP contribution < -0.4 is 5.73 Å². The largest absolute Gasteiger partial charge is 0.370 e. The van der Waals surface area contributed by atoms with E-state index < -0.39 is 17.6 Å². The molecule has 1 heterocycles. The van der Waals surface area contributed by atoms with Crippen LogP contribution in [0.3, 0.4) is 0 Å². The Kier molecular flexibility index (Phi) is 4.74. The van der Waals surface area contributed by atoms with Crippen molar-refractivity contribution in [2.45, 2.75) is 13.0 Å². The molecule has 0 bridgehead atoms. The van der Waals surface area contributed by atoms with Crippen LogP contribution in [0.25, 0.3) is 11.0 Å². The first-order chi connectivity index (χ1) is 12.0. The SMILES string of the molecule is NC(=O)CCN(Cc1ccccc1)C(=O)c1cc(F)cc2[nH]cnc12. The van der Waals surface area contributed by atoms with E-state index in [1.807, 2.05) is 30.3 Å². The lowest BCUT2D eigenvalue weighted by Gasteiger charge is -2.22. The van der Waals surface area contributed by atoms with Gasteiger partial charge in [-0.05, 0) is 17.7 Å². The second kappa shape index (κ2) is 7.12. The number of aromatic amines is 1. The molecule has 0 saturated heterocycles.